The van der Waals surface area contributed by atoms with Crippen LogP contribution in [0.25, 0.3) is 0 Å². The van der Waals surface area contributed by atoms with Crippen molar-refractivity contribution in [3.8, 4) is 0 Å². The second kappa shape index (κ2) is 4.12. The zero-order valence-corrected chi connectivity index (χ0v) is 8.16. The Morgan fingerprint density at radius 3 is 2.85 bits per heavy atom. The number of rotatable bonds is 3. The van der Waals surface area contributed by atoms with E-state index in [0.29, 0.717) is 11.7 Å². The number of anilines is 1. The lowest BCUT2D eigenvalue weighted by atomic mass is 10.2. The third-order valence-corrected chi connectivity index (χ3v) is 2.19. The molecule has 0 amide bonds. The summed E-state index contributed by atoms with van der Waals surface area (Å²) < 4.78 is 1.99. The molecule has 1 atom stereocenters. The van der Waals surface area contributed by atoms with Gasteiger partial charge < -0.3 is 10.3 Å². The van der Waals surface area contributed by atoms with Gasteiger partial charge in [0.1, 0.15) is 0 Å². The van der Waals surface area contributed by atoms with Gasteiger partial charge in [-0.3, -0.25) is 4.79 Å². The van der Waals surface area contributed by atoms with Crippen LogP contribution in [0.15, 0.2) is 23.3 Å². The highest BCUT2D eigenvalue weighted by molar-refractivity contribution is 5.33. The van der Waals surface area contributed by atoms with Gasteiger partial charge in [-0.15, -0.1) is 0 Å². The van der Waals surface area contributed by atoms with Gasteiger partial charge in [-0.2, -0.15) is 0 Å². The molecule has 0 aliphatic carbocycles. The molecule has 0 spiro atoms. The molecule has 0 aliphatic heterocycles. The fourth-order valence-corrected chi connectivity index (χ4v) is 1.36. The van der Waals surface area contributed by atoms with E-state index in [1.165, 1.54) is 6.07 Å². The molecule has 0 fully saturated rings. The standard InChI is InChI=1S/C10H16N2O/c1-3-4-8(2)12-6-5-10(13)9(11)7-12/h5-8H,3-4,11H2,1-2H3. The molecule has 3 nitrogen and oxygen atoms in total. The number of hydrogen-bond donors (Lipinski definition) is 1. The molecule has 0 radical (unpaired) electrons. The number of aromatic nitrogens is 1. The fraction of sp³-hybridized carbons (Fsp3) is 0.500. The van der Waals surface area contributed by atoms with E-state index in [-0.39, 0.29) is 5.43 Å². The Morgan fingerprint density at radius 1 is 1.62 bits per heavy atom. The van der Waals surface area contributed by atoms with Gasteiger partial charge in [0.25, 0.3) is 0 Å². The molecule has 2 N–H and O–H groups in total. The van der Waals surface area contributed by atoms with E-state index < -0.39 is 0 Å². The van der Waals surface area contributed by atoms with Crippen LogP contribution in [0.1, 0.15) is 32.7 Å². The topological polar surface area (TPSA) is 48.0 Å². The van der Waals surface area contributed by atoms with E-state index in [0.717, 1.165) is 12.8 Å². The van der Waals surface area contributed by atoms with E-state index in [4.69, 9.17) is 5.73 Å². The molecule has 0 aromatic carbocycles. The van der Waals surface area contributed by atoms with Crippen LogP contribution < -0.4 is 11.2 Å². The summed E-state index contributed by atoms with van der Waals surface area (Å²) in [5, 5.41) is 0. The molecular weight excluding hydrogens is 164 g/mol. The highest BCUT2D eigenvalue weighted by atomic mass is 16.1. The smallest absolute Gasteiger partial charge is 0.204 e. The van der Waals surface area contributed by atoms with Crippen LogP contribution in [-0.2, 0) is 0 Å². The molecule has 1 rings (SSSR count). The molecule has 3 heteroatoms. The Hall–Kier alpha value is -1.25. The maximum absolute atomic E-state index is 11.0. The summed E-state index contributed by atoms with van der Waals surface area (Å²) in [6, 6.07) is 1.93. The second-order valence-corrected chi connectivity index (χ2v) is 3.35. The molecule has 1 aromatic rings. The molecule has 0 bridgehead atoms. The highest BCUT2D eigenvalue weighted by Gasteiger charge is 2.02. The first-order chi connectivity index (χ1) is 6.15. The number of nitrogens with two attached hydrogens (primary N) is 1. The maximum Gasteiger partial charge on any atom is 0.204 e. The summed E-state index contributed by atoms with van der Waals surface area (Å²) in [5.41, 5.74) is 5.75. The number of nitrogen functional groups attached to an aromatic ring is 1. The Morgan fingerprint density at radius 2 is 2.31 bits per heavy atom. The van der Waals surface area contributed by atoms with Gasteiger partial charge >= 0.3 is 0 Å². The second-order valence-electron chi connectivity index (χ2n) is 3.35. The fourth-order valence-electron chi connectivity index (χ4n) is 1.36. The van der Waals surface area contributed by atoms with Gasteiger partial charge in [0.2, 0.25) is 5.43 Å². The van der Waals surface area contributed by atoms with E-state index in [1.54, 1.807) is 12.4 Å². The summed E-state index contributed by atoms with van der Waals surface area (Å²) in [6.07, 6.45) is 5.73. The first kappa shape index (κ1) is 9.84. The number of nitrogens with zero attached hydrogens (tertiary/aromatic N) is 1. The third-order valence-electron chi connectivity index (χ3n) is 2.19. The Labute approximate surface area is 78.2 Å². The highest BCUT2D eigenvalue weighted by Crippen LogP contribution is 2.12. The Kier molecular flexibility index (Phi) is 3.12. The molecule has 72 valence electrons. The van der Waals surface area contributed by atoms with Crippen molar-refractivity contribution < 1.29 is 0 Å². The van der Waals surface area contributed by atoms with Crippen LogP contribution in [0.5, 0.6) is 0 Å². The quantitative estimate of drug-likeness (QED) is 0.771. The summed E-state index contributed by atoms with van der Waals surface area (Å²) in [4.78, 5) is 11.0. The van der Waals surface area contributed by atoms with E-state index in [1.807, 2.05) is 4.57 Å². The molecule has 1 heterocycles. The predicted octanol–water partition coefficient (Wildman–Crippen LogP) is 1.79. The van der Waals surface area contributed by atoms with Crippen molar-refractivity contribution in [2.24, 2.45) is 0 Å². The zero-order chi connectivity index (χ0) is 9.84. The van der Waals surface area contributed by atoms with Crippen LogP contribution >= 0.6 is 0 Å². The van der Waals surface area contributed by atoms with Crippen LogP contribution in [-0.4, -0.2) is 4.57 Å². The van der Waals surface area contributed by atoms with Crippen molar-refractivity contribution in [1.29, 1.82) is 0 Å². The molecule has 0 saturated carbocycles. The largest absolute Gasteiger partial charge is 0.394 e. The van der Waals surface area contributed by atoms with Gasteiger partial charge in [0, 0.05) is 24.5 Å². The van der Waals surface area contributed by atoms with Gasteiger partial charge in [-0.25, -0.2) is 0 Å². The van der Waals surface area contributed by atoms with Gasteiger partial charge in [0.05, 0.1) is 5.69 Å². The van der Waals surface area contributed by atoms with Crippen molar-refractivity contribution >= 4 is 5.69 Å². The molecule has 0 saturated heterocycles. The minimum Gasteiger partial charge on any atom is -0.394 e. The van der Waals surface area contributed by atoms with Crippen molar-refractivity contribution in [1.82, 2.24) is 4.57 Å². The average molecular weight is 180 g/mol. The molecule has 13 heavy (non-hydrogen) atoms. The molecular formula is C10H16N2O. The third kappa shape index (κ3) is 2.34. The molecule has 1 aromatic heterocycles. The summed E-state index contributed by atoms with van der Waals surface area (Å²) in [6.45, 7) is 4.26. The van der Waals surface area contributed by atoms with E-state index in [2.05, 4.69) is 13.8 Å². The first-order valence-electron chi connectivity index (χ1n) is 4.62. The van der Waals surface area contributed by atoms with E-state index >= 15 is 0 Å². The Bertz CT molecular complexity index is 330. The number of pyridine rings is 1. The molecule has 0 aliphatic rings. The minimum absolute atomic E-state index is 0.0973. The van der Waals surface area contributed by atoms with Crippen molar-refractivity contribution in [2.45, 2.75) is 32.7 Å². The summed E-state index contributed by atoms with van der Waals surface area (Å²) >= 11 is 0. The SMILES string of the molecule is CCCC(C)n1ccc(=O)c(N)c1. The molecule has 1 unspecified atom stereocenters. The minimum atomic E-state index is -0.0973. The number of hydrogen-bond acceptors (Lipinski definition) is 2. The van der Waals surface area contributed by atoms with Gasteiger partial charge in [-0.1, -0.05) is 13.3 Å². The van der Waals surface area contributed by atoms with Gasteiger partial charge in [0.15, 0.2) is 0 Å². The predicted molar refractivity (Wildman–Crippen MR) is 54.7 cm³/mol. The lowest BCUT2D eigenvalue weighted by Gasteiger charge is -2.14. The van der Waals surface area contributed by atoms with Crippen molar-refractivity contribution in [3.05, 3.63) is 28.7 Å². The van der Waals surface area contributed by atoms with Crippen LogP contribution in [0.2, 0.25) is 0 Å². The van der Waals surface area contributed by atoms with E-state index in [9.17, 15) is 4.79 Å². The summed E-state index contributed by atoms with van der Waals surface area (Å²) in [5.74, 6) is 0. The lowest BCUT2D eigenvalue weighted by Crippen LogP contribution is -2.13. The van der Waals surface area contributed by atoms with Crippen LogP contribution in [0, 0.1) is 0 Å². The van der Waals surface area contributed by atoms with Crippen molar-refractivity contribution in [2.75, 3.05) is 5.73 Å². The normalized spacial score (nSPS) is 12.8. The first-order valence-corrected chi connectivity index (χ1v) is 4.62. The summed E-state index contributed by atoms with van der Waals surface area (Å²) in [7, 11) is 0. The van der Waals surface area contributed by atoms with Crippen LogP contribution in [0.3, 0.4) is 0 Å². The van der Waals surface area contributed by atoms with Gasteiger partial charge in [-0.05, 0) is 13.3 Å². The monoisotopic (exact) mass is 180 g/mol. The van der Waals surface area contributed by atoms with Crippen molar-refractivity contribution in [3.63, 3.8) is 0 Å². The maximum atomic E-state index is 11.0. The average Bonchev–Trinajstić information content (AvgIpc) is 2.10. The Balaban J connectivity index is 2.90. The lowest BCUT2D eigenvalue weighted by molar-refractivity contribution is 0.498. The van der Waals surface area contributed by atoms with Crippen LogP contribution in [0.4, 0.5) is 5.69 Å². The zero-order valence-electron chi connectivity index (χ0n) is 8.16.